The molecule has 0 aliphatic rings. The fraction of sp³-hybridized carbons (Fsp3) is 0.250. The van der Waals surface area contributed by atoms with E-state index in [1.165, 1.54) is 0 Å². The van der Waals surface area contributed by atoms with E-state index in [9.17, 15) is 9.59 Å². The first-order valence-corrected chi connectivity index (χ1v) is 6.49. The molecule has 0 saturated heterocycles. The third-order valence-corrected chi connectivity index (χ3v) is 3.04. The first-order chi connectivity index (χ1) is 8.52. The van der Waals surface area contributed by atoms with Crippen LogP contribution in [0.5, 0.6) is 0 Å². The van der Waals surface area contributed by atoms with E-state index in [1.54, 1.807) is 0 Å². The second kappa shape index (κ2) is 7.52. The Balaban J connectivity index is 2.56. The van der Waals surface area contributed by atoms with E-state index in [0.717, 1.165) is 17.6 Å². The molecule has 18 heavy (non-hydrogen) atoms. The first kappa shape index (κ1) is 15.2. The maximum absolute atomic E-state index is 11.0. The van der Waals surface area contributed by atoms with Crippen LogP contribution < -0.4 is 5.32 Å². The van der Waals surface area contributed by atoms with Crippen LogP contribution in [-0.4, -0.2) is 28.2 Å². The number of thiazole rings is 1. The zero-order valence-electron chi connectivity index (χ0n) is 8.65. The summed E-state index contributed by atoms with van der Waals surface area (Å²) in [6.45, 7) is -0.0489. The standard InChI is InChI=1S/C8H6Cl3N3O3S/c9-1-6(16)14-8-13-4(7(11)18-8)3-17-12-2-5(10)15/h2H,1,3H2,(H,13,14,16). The molecule has 1 aromatic rings. The Morgan fingerprint density at radius 1 is 1.56 bits per heavy atom. The summed E-state index contributed by atoms with van der Waals surface area (Å²) in [6.07, 6.45) is 0.804. The van der Waals surface area contributed by atoms with E-state index in [-0.39, 0.29) is 18.4 Å². The van der Waals surface area contributed by atoms with Gasteiger partial charge < -0.3 is 10.2 Å². The van der Waals surface area contributed by atoms with Gasteiger partial charge >= 0.3 is 0 Å². The molecule has 10 heteroatoms. The van der Waals surface area contributed by atoms with Crippen molar-refractivity contribution in [3.8, 4) is 0 Å². The number of hydrogen-bond acceptors (Lipinski definition) is 6. The van der Waals surface area contributed by atoms with E-state index in [4.69, 9.17) is 39.6 Å². The number of hydrogen-bond donors (Lipinski definition) is 1. The molecule has 1 aromatic heterocycles. The number of amides is 1. The maximum Gasteiger partial charge on any atom is 0.266 e. The summed E-state index contributed by atoms with van der Waals surface area (Å²) in [6, 6.07) is 0. The molecule has 6 nitrogen and oxygen atoms in total. The largest absolute Gasteiger partial charge is 0.389 e. The molecule has 0 unspecified atom stereocenters. The summed E-state index contributed by atoms with van der Waals surface area (Å²) in [5.41, 5.74) is 0.380. The minimum absolute atomic E-state index is 0.0489. The van der Waals surface area contributed by atoms with Crippen molar-refractivity contribution in [2.24, 2.45) is 5.16 Å². The van der Waals surface area contributed by atoms with Gasteiger partial charge in [-0.05, 0) is 11.6 Å². The molecule has 1 heterocycles. The van der Waals surface area contributed by atoms with Crippen molar-refractivity contribution in [2.45, 2.75) is 6.61 Å². The number of aromatic nitrogens is 1. The SMILES string of the molecule is O=C(Cl)C=NOCc1nc(NC(=O)CCl)sc1Cl. The molecule has 1 rings (SSSR count). The van der Waals surface area contributed by atoms with Gasteiger partial charge in [0, 0.05) is 0 Å². The van der Waals surface area contributed by atoms with Gasteiger partial charge in [-0.15, -0.1) is 11.6 Å². The molecule has 98 valence electrons. The zero-order chi connectivity index (χ0) is 13.5. The number of anilines is 1. The highest BCUT2D eigenvalue weighted by atomic mass is 35.5. The normalized spacial score (nSPS) is 10.6. The zero-order valence-corrected chi connectivity index (χ0v) is 11.7. The first-order valence-electron chi connectivity index (χ1n) is 4.38. The number of carbonyl (C=O) groups excluding carboxylic acids is 2. The predicted molar refractivity (Wildman–Crippen MR) is 70.6 cm³/mol. The Kier molecular flexibility index (Phi) is 6.34. The molecule has 0 aliphatic heterocycles. The van der Waals surface area contributed by atoms with Crippen molar-refractivity contribution in [1.82, 2.24) is 4.98 Å². The van der Waals surface area contributed by atoms with Crippen molar-refractivity contribution >= 4 is 68.6 Å². The highest BCUT2D eigenvalue weighted by Crippen LogP contribution is 2.28. The van der Waals surface area contributed by atoms with Crippen molar-refractivity contribution in [2.75, 3.05) is 11.2 Å². The fourth-order valence-electron chi connectivity index (χ4n) is 0.805. The van der Waals surface area contributed by atoms with Crippen LogP contribution in [0.25, 0.3) is 0 Å². The molecule has 0 radical (unpaired) electrons. The second-order valence-corrected chi connectivity index (χ2v) is 4.97. The smallest absolute Gasteiger partial charge is 0.266 e. The van der Waals surface area contributed by atoms with Gasteiger partial charge in [0.2, 0.25) is 5.91 Å². The van der Waals surface area contributed by atoms with Crippen LogP contribution in [-0.2, 0) is 21.0 Å². The van der Waals surface area contributed by atoms with Crippen molar-refractivity contribution in [1.29, 1.82) is 0 Å². The van der Waals surface area contributed by atoms with E-state index in [2.05, 4.69) is 15.5 Å². The third-order valence-electron chi connectivity index (χ3n) is 1.45. The Hall–Kier alpha value is -0.890. The number of carbonyl (C=O) groups is 2. The molecule has 1 amide bonds. The van der Waals surface area contributed by atoms with Gasteiger partial charge in [0.05, 0.1) is 0 Å². The summed E-state index contributed by atoms with van der Waals surface area (Å²) in [5.74, 6) is -0.564. The summed E-state index contributed by atoms with van der Waals surface area (Å²) in [4.78, 5) is 30.1. The molecule has 0 aliphatic carbocycles. The lowest BCUT2D eigenvalue weighted by Crippen LogP contribution is -2.12. The summed E-state index contributed by atoms with van der Waals surface area (Å²) in [5, 5.41) is 5.28. The van der Waals surface area contributed by atoms with Crippen LogP contribution in [0, 0.1) is 0 Å². The number of alkyl halides is 1. The van der Waals surface area contributed by atoms with E-state index >= 15 is 0 Å². The summed E-state index contributed by atoms with van der Waals surface area (Å²) >= 11 is 17.2. The molecular formula is C8H6Cl3N3O3S. The molecule has 0 atom stereocenters. The predicted octanol–water partition coefficient (Wildman–Crippen LogP) is 2.24. The van der Waals surface area contributed by atoms with Gasteiger partial charge in [0.25, 0.3) is 5.24 Å². The topological polar surface area (TPSA) is 80.7 Å². The van der Waals surface area contributed by atoms with E-state index in [1.807, 2.05) is 0 Å². The number of nitrogens with zero attached hydrogens (tertiary/aromatic N) is 2. The highest BCUT2D eigenvalue weighted by molar-refractivity contribution is 7.19. The van der Waals surface area contributed by atoms with Gasteiger partial charge in [-0.1, -0.05) is 28.1 Å². The van der Waals surface area contributed by atoms with Crippen LogP contribution in [0.3, 0.4) is 0 Å². The lowest BCUT2D eigenvalue weighted by atomic mass is 10.5. The molecule has 0 saturated carbocycles. The van der Waals surface area contributed by atoms with Crippen LogP contribution in [0.2, 0.25) is 4.34 Å². The third kappa shape index (κ3) is 5.18. The Morgan fingerprint density at radius 3 is 2.89 bits per heavy atom. The Labute approximate surface area is 121 Å². The molecule has 0 fully saturated rings. The number of oxime groups is 1. The van der Waals surface area contributed by atoms with Crippen molar-refractivity contribution in [3.63, 3.8) is 0 Å². The molecular weight excluding hydrogens is 325 g/mol. The van der Waals surface area contributed by atoms with Crippen LogP contribution in [0.1, 0.15) is 5.69 Å². The lowest BCUT2D eigenvalue weighted by Gasteiger charge is -1.96. The average Bonchev–Trinajstić information content (AvgIpc) is 2.64. The maximum atomic E-state index is 11.0. The molecule has 0 aromatic carbocycles. The van der Waals surface area contributed by atoms with Gasteiger partial charge in [0.1, 0.15) is 22.1 Å². The number of nitrogens with one attached hydrogen (secondary N) is 1. The number of rotatable bonds is 6. The van der Waals surface area contributed by atoms with Crippen LogP contribution in [0.4, 0.5) is 5.13 Å². The van der Waals surface area contributed by atoms with Crippen molar-refractivity contribution in [3.05, 3.63) is 10.0 Å². The summed E-state index contributed by atoms with van der Waals surface area (Å²) in [7, 11) is 0. The van der Waals surface area contributed by atoms with E-state index < -0.39 is 5.24 Å². The van der Waals surface area contributed by atoms with Crippen LogP contribution in [0.15, 0.2) is 5.16 Å². The van der Waals surface area contributed by atoms with Gasteiger partial charge in [0.15, 0.2) is 11.7 Å². The average molecular weight is 331 g/mol. The van der Waals surface area contributed by atoms with Crippen molar-refractivity contribution < 1.29 is 14.4 Å². The lowest BCUT2D eigenvalue weighted by molar-refractivity contribution is -0.114. The summed E-state index contributed by atoms with van der Waals surface area (Å²) < 4.78 is 0.340. The highest BCUT2D eigenvalue weighted by Gasteiger charge is 2.11. The monoisotopic (exact) mass is 329 g/mol. The fourth-order valence-corrected chi connectivity index (χ4v) is 1.94. The quantitative estimate of drug-likeness (QED) is 0.375. The Morgan fingerprint density at radius 2 is 2.28 bits per heavy atom. The molecule has 1 N–H and O–H groups in total. The number of halogens is 3. The minimum Gasteiger partial charge on any atom is -0.389 e. The Bertz CT molecular complexity index is 477. The molecule has 0 spiro atoms. The van der Waals surface area contributed by atoms with E-state index in [0.29, 0.717) is 15.2 Å². The van der Waals surface area contributed by atoms with Gasteiger partial charge in [-0.2, -0.15) is 0 Å². The van der Waals surface area contributed by atoms with Crippen LogP contribution >= 0.6 is 46.1 Å². The van der Waals surface area contributed by atoms with Gasteiger partial charge in [-0.3, -0.25) is 9.59 Å². The minimum atomic E-state index is -0.755. The molecule has 0 bridgehead atoms. The van der Waals surface area contributed by atoms with Gasteiger partial charge in [-0.25, -0.2) is 4.98 Å². The second-order valence-electron chi connectivity index (χ2n) is 2.73.